The average Bonchev–Trinajstić information content (AvgIpc) is 1.33. The van der Waals surface area contributed by atoms with E-state index in [1.807, 2.05) is 0 Å². The minimum atomic E-state index is -0.833. The van der Waals surface area contributed by atoms with Gasteiger partial charge in [-0.25, -0.2) is 0 Å². The second kappa shape index (κ2) is 8.99. The second-order valence-corrected chi connectivity index (χ2v) is 0.577. The molecule has 0 heterocycles. The third-order valence-electron chi connectivity index (χ3n) is 0. The van der Waals surface area contributed by atoms with Crippen molar-refractivity contribution in [1.82, 2.24) is 0 Å². The molecular formula is C2H4F2O3. The third-order valence-corrected chi connectivity index (χ3v) is 0. The van der Waals surface area contributed by atoms with Gasteiger partial charge in [0.25, 0.3) is 5.97 Å². The fourth-order valence-corrected chi connectivity index (χ4v) is 0. The highest BCUT2D eigenvalue weighted by Crippen LogP contribution is 1.61. The van der Waals surface area contributed by atoms with Crippen molar-refractivity contribution in [3.8, 4) is 0 Å². The Labute approximate surface area is 38.3 Å². The van der Waals surface area contributed by atoms with Gasteiger partial charge < -0.3 is 5.11 Å². The Balaban J connectivity index is 0. The molecule has 3 nitrogen and oxygen atoms in total. The van der Waals surface area contributed by atoms with Gasteiger partial charge in [-0.2, -0.15) is 0 Å². The van der Waals surface area contributed by atoms with Crippen molar-refractivity contribution in [2.75, 3.05) is 0 Å². The molecule has 0 aliphatic rings. The fourth-order valence-electron chi connectivity index (χ4n) is 0. The van der Waals surface area contributed by atoms with Gasteiger partial charge in [-0.15, -0.1) is 0 Å². The second-order valence-electron chi connectivity index (χ2n) is 0.577. The molecule has 0 fully saturated rings. The molecule has 0 aliphatic carbocycles. The van der Waals surface area contributed by atoms with E-state index in [-0.39, 0.29) is 0 Å². The molecule has 0 saturated carbocycles. The molecule has 0 aliphatic heterocycles. The molecule has 0 aromatic heterocycles. The number of rotatable bonds is 0. The van der Waals surface area contributed by atoms with Crippen LogP contribution in [0.4, 0.5) is 9.05 Å². The van der Waals surface area contributed by atoms with E-state index >= 15 is 0 Å². The molecule has 7 heavy (non-hydrogen) atoms. The van der Waals surface area contributed by atoms with Crippen molar-refractivity contribution < 1.29 is 24.1 Å². The molecule has 0 aromatic rings. The summed E-state index contributed by atoms with van der Waals surface area (Å²) in [4.78, 5) is 9.00. The Hall–Kier alpha value is -0.710. The van der Waals surface area contributed by atoms with E-state index in [0.717, 1.165) is 6.92 Å². The van der Waals surface area contributed by atoms with E-state index in [1.54, 1.807) is 0 Å². The van der Waals surface area contributed by atoms with Gasteiger partial charge in [0.1, 0.15) is 0 Å². The van der Waals surface area contributed by atoms with Crippen molar-refractivity contribution in [3.05, 3.63) is 0 Å². The molecule has 0 unspecified atom stereocenters. The van der Waals surface area contributed by atoms with Gasteiger partial charge in [0.15, 0.2) is 0 Å². The number of halogens is 2. The smallest absolute Gasteiger partial charge is 0.300 e. The van der Waals surface area contributed by atoms with Crippen LogP contribution in [0.25, 0.3) is 0 Å². The van der Waals surface area contributed by atoms with Crippen LogP contribution in [-0.4, -0.2) is 11.1 Å². The van der Waals surface area contributed by atoms with Crippen LogP contribution < -0.4 is 0 Å². The van der Waals surface area contributed by atoms with Gasteiger partial charge in [-0.05, 0) is 9.05 Å². The van der Waals surface area contributed by atoms with Crippen LogP contribution in [0.3, 0.4) is 0 Å². The first-order valence-corrected chi connectivity index (χ1v) is 1.24. The van der Waals surface area contributed by atoms with E-state index in [0.29, 0.717) is 0 Å². The van der Waals surface area contributed by atoms with Gasteiger partial charge in [-0.1, -0.05) is 0 Å². The monoisotopic (exact) mass is 114 g/mol. The average molecular weight is 114 g/mol. The van der Waals surface area contributed by atoms with Crippen LogP contribution in [0.1, 0.15) is 6.92 Å². The summed E-state index contributed by atoms with van der Waals surface area (Å²) in [6.45, 7) is 1.08. The molecule has 0 spiro atoms. The zero-order valence-corrected chi connectivity index (χ0v) is 3.52. The van der Waals surface area contributed by atoms with Crippen LogP contribution in [0, 0.1) is 0 Å². The lowest BCUT2D eigenvalue weighted by Gasteiger charge is -1.59. The summed E-state index contributed by atoms with van der Waals surface area (Å²) in [7, 11) is 0. The SMILES string of the molecule is CC(=O)O.FOF. The first-order valence-electron chi connectivity index (χ1n) is 1.24. The summed E-state index contributed by atoms with van der Waals surface area (Å²) in [6, 6.07) is 0. The quantitative estimate of drug-likeness (QED) is 0.508. The lowest BCUT2D eigenvalue weighted by molar-refractivity contribution is -0.317. The largest absolute Gasteiger partial charge is 0.481 e. The molecular weight excluding hydrogens is 110 g/mol. The number of carbonyl (C=O) groups is 1. The van der Waals surface area contributed by atoms with Crippen molar-refractivity contribution in [1.29, 1.82) is 0 Å². The summed E-state index contributed by atoms with van der Waals surface area (Å²) in [6.07, 6.45) is 0. The Morgan fingerprint density at radius 2 is 1.71 bits per heavy atom. The summed E-state index contributed by atoms with van der Waals surface area (Å²) in [5, 5.41) is 8.67. The molecule has 5 heteroatoms. The van der Waals surface area contributed by atoms with Gasteiger partial charge in [0, 0.05) is 12.1 Å². The molecule has 44 valence electrons. The minimum absolute atomic E-state index is 0.833. The first-order chi connectivity index (χ1) is 3.15. The van der Waals surface area contributed by atoms with Crippen molar-refractivity contribution >= 4 is 5.97 Å². The van der Waals surface area contributed by atoms with E-state index in [4.69, 9.17) is 19.0 Å². The highest BCUT2D eigenvalue weighted by Gasteiger charge is 1.65. The lowest BCUT2D eigenvalue weighted by atomic mass is 10.9. The predicted octanol–water partition coefficient (Wildman–Crippen LogP) is 0.863. The van der Waals surface area contributed by atoms with Crippen LogP contribution >= 0.6 is 0 Å². The minimum Gasteiger partial charge on any atom is -0.481 e. The molecule has 0 aromatic carbocycles. The van der Waals surface area contributed by atoms with Crippen LogP contribution in [0.5, 0.6) is 0 Å². The molecule has 0 saturated heterocycles. The summed E-state index contributed by atoms with van der Waals surface area (Å²) in [5.74, 6) is -0.833. The van der Waals surface area contributed by atoms with E-state index < -0.39 is 5.97 Å². The molecule has 0 bridgehead atoms. The Bertz CT molecular complexity index is 42.2. The Kier molecular flexibility index (Phi) is 12.3. The highest BCUT2D eigenvalue weighted by molar-refractivity contribution is 5.62. The van der Waals surface area contributed by atoms with Gasteiger partial charge in [-0.3, -0.25) is 4.79 Å². The zero-order valence-electron chi connectivity index (χ0n) is 3.52. The predicted molar refractivity (Wildman–Crippen MR) is 16.6 cm³/mol. The maximum Gasteiger partial charge on any atom is 0.300 e. The summed E-state index contributed by atoms with van der Waals surface area (Å²) < 4.78 is 18.2. The lowest BCUT2D eigenvalue weighted by Crippen LogP contribution is -1.78. The third kappa shape index (κ3) is 114. The first kappa shape index (κ1) is 9.56. The van der Waals surface area contributed by atoms with Crippen LogP contribution in [0.2, 0.25) is 0 Å². The highest BCUT2D eigenvalue weighted by atomic mass is 19.6. The molecule has 0 atom stereocenters. The summed E-state index contributed by atoms with van der Waals surface area (Å²) in [5.41, 5.74) is 0. The topological polar surface area (TPSA) is 46.5 Å². The van der Waals surface area contributed by atoms with Crippen LogP contribution in [-0.2, 0) is 9.94 Å². The normalized spacial score (nSPS) is 6.14. The fraction of sp³-hybridized carbons (Fsp3) is 0.500. The maximum atomic E-state index is 9.12. The van der Waals surface area contributed by atoms with Gasteiger partial charge in [0.05, 0.1) is 0 Å². The van der Waals surface area contributed by atoms with Gasteiger partial charge >= 0.3 is 0 Å². The Morgan fingerprint density at radius 1 is 1.71 bits per heavy atom. The van der Waals surface area contributed by atoms with Crippen molar-refractivity contribution in [2.45, 2.75) is 6.92 Å². The number of hydrogen-bond acceptors (Lipinski definition) is 2. The number of carboxylic acids is 1. The molecule has 0 amide bonds. The standard InChI is InChI=1S/C2H4O2.F2O/c1-2(3)4;1-3-2/h1H3,(H,3,4);. The van der Waals surface area contributed by atoms with Gasteiger partial charge in [0.2, 0.25) is 0 Å². The number of carboxylic acid groups (broad SMARTS) is 1. The van der Waals surface area contributed by atoms with Crippen molar-refractivity contribution in [2.24, 2.45) is 0 Å². The number of aliphatic carboxylic acids is 1. The maximum absolute atomic E-state index is 9.12. The van der Waals surface area contributed by atoms with E-state index in [9.17, 15) is 0 Å². The van der Waals surface area contributed by atoms with E-state index in [2.05, 4.69) is 0 Å². The van der Waals surface area contributed by atoms with E-state index in [1.165, 1.54) is 5.15 Å². The summed E-state index contributed by atoms with van der Waals surface area (Å²) >= 11 is 0. The molecule has 0 radical (unpaired) electrons. The van der Waals surface area contributed by atoms with Crippen LogP contribution in [0.15, 0.2) is 0 Å². The molecule has 1 N–H and O–H groups in total. The zero-order chi connectivity index (χ0) is 6.28. The van der Waals surface area contributed by atoms with Crippen molar-refractivity contribution in [3.63, 3.8) is 0 Å². The molecule has 0 rings (SSSR count). The Morgan fingerprint density at radius 3 is 1.71 bits per heavy atom. The number of hydrogen-bond donors (Lipinski definition) is 1.